The molecule has 0 radical (unpaired) electrons. The molecule has 0 fully saturated rings. The lowest BCUT2D eigenvalue weighted by atomic mass is 10.2. The third-order valence-corrected chi connectivity index (χ3v) is 3.71. The normalized spacial score (nSPS) is 11.2. The first kappa shape index (κ1) is 19.3. The van der Waals surface area contributed by atoms with Crippen LogP contribution in [0.4, 0.5) is 39.1 Å². The summed E-state index contributed by atoms with van der Waals surface area (Å²) in [6.45, 7) is 0. The second-order valence-corrected chi connectivity index (χ2v) is 5.68. The second-order valence-electron chi connectivity index (χ2n) is 5.68. The molecule has 0 atom stereocenters. The Balaban J connectivity index is 1.68. The topological polar surface area (TPSA) is 54.0 Å². The zero-order chi connectivity index (χ0) is 20.3. The van der Waals surface area contributed by atoms with E-state index in [-0.39, 0.29) is 11.4 Å². The zero-order valence-electron chi connectivity index (χ0n) is 14.0. The van der Waals surface area contributed by atoms with Crippen molar-refractivity contribution in [2.45, 2.75) is 6.18 Å². The summed E-state index contributed by atoms with van der Waals surface area (Å²) < 4.78 is 64.8. The third kappa shape index (κ3) is 4.43. The molecule has 0 spiro atoms. The van der Waals surface area contributed by atoms with Crippen molar-refractivity contribution in [3.63, 3.8) is 0 Å². The smallest absolute Gasteiger partial charge is 0.340 e. The Kier molecular flexibility index (Phi) is 5.25. The highest BCUT2D eigenvalue weighted by atomic mass is 19.4. The quantitative estimate of drug-likeness (QED) is 0.586. The molecule has 2 aromatic carbocycles. The fraction of sp³-hybridized carbons (Fsp3) is 0.0526. The van der Waals surface area contributed by atoms with Crippen molar-refractivity contribution < 1.29 is 26.7 Å². The van der Waals surface area contributed by atoms with Crippen molar-refractivity contribution in [2.75, 3.05) is 10.6 Å². The minimum absolute atomic E-state index is 0.0422. The maximum Gasteiger partial charge on any atom is 0.416 e. The molecular weight excluding hydrogens is 381 g/mol. The van der Waals surface area contributed by atoms with E-state index in [1.165, 1.54) is 36.5 Å². The number of halogens is 5. The molecule has 1 amide bonds. The average molecular weight is 393 g/mol. The van der Waals surface area contributed by atoms with Crippen molar-refractivity contribution >= 4 is 23.1 Å². The van der Waals surface area contributed by atoms with Gasteiger partial charge in [0.1, 0.15) is 23.1 Å². The SMILES string of the molecule is O=C(Nc1c(F)cccc1F)c1ccc(Nc2ccc(C(F)(F)F)cc2)nc1. The van der Waals surface area contributed by atoms with E-state index in [1.54, 1.807) is 0 Å². The van der Waals surface area contributed by atoms with E-state index in [4.69, 9.17) is 0 Å². The molecule has 3 rings (SSSR count). The highest BCUT2D eigenvalue weighted by Crippen LogP contribution is 2.30. The number of carbonyl (C=O) groups excluding carboxylic acids is 1. The highest BCUT2D eigenvalue weighted by molar-refractivity contribution is 6.04. The molecule has 4 nitrogen and oxygen atoms in total. The van der Waals surface area contributed by atoms with E-state index in [2.05, 4.69) is 15.6 Å². The van der Waals surface area contributed by atoms with Crippen LogP contribution < -0.4 is 10.6 Å². The van der Waals surface area contributed by atoms with Gasteiger partial charge in [0.25, 0.3) is 5.91 Å². The van der Waals surface area contributed by atoms with E-state index in [1.807, 2.05) is 0 Å². The van der Waals surface area contributed by atoms with Crippen molar-refractivity contribution in [3.8, 4) is 0 Å². The van der Waals surface area contributed by atoms with Gasteiger partial charge in [-0.2, -0.15) is 13.2 Å². The number of aromatic nitrogens is 1. The Hall–Kier alpha value is -3.49. The number of benzene rings is 2. The van der Waals surface area contributed by atoms with Crippen LogP contribution in [0, 0.1) is 11.6 Å². The Labute approximate surface area is 156 Å². The van der Waals surface area contributed by atoms with Crippen LogP contribution in [0.3, 0.4) is 0 Å². The summed E-state index contributed by atoms with van der Waals surface area (Å²) in [5, 5.41) is 4.91. The molecule has 0 aliphatic heterocycles. The molecule has 1 aromatic heterocycles. The van der Waals surface area contributed by atoms with Gasteiger partial charge in [-0.3, -0.25) is 4.79 Å². The van der Waals surface area contributed by atoms with E-state index >= 15 is 0 Å². The van der Waals surface area contributed by atoms with Crippen molar-refractivity contribution in [3.05, 3.63) is 83.6 Å². The van der Waals surface area contributed by atoms with Crippen molar-refractivity contribution in [1.29, 1.82) is 0 Å². The van der Waals surface area contributed by atoms with E-state index in [9.17, 15) is 26.7 Å². The number of nitrogens with zero attached hydrogens (tertiary/aromatic N) is 1. The number of anilines is 3. The lowest BCUT2D eigenvalue weighted by Crippen LogP contribution is -2.14. The van der Waals surface area contributed by atoms with Gasteiger partial charge in [0.15, 0.2) is 0 Å². The summed E-state index contributed by atoms with van der Waals surface area (Å²) >= 11 is 0. The molecule has 2 N–H and O–H groups in total. The van der Waals surface area contributed by atoms with Crippen molar-refractivity contribution in [2.24, 2.45) is 0 Å². The molecule has 0 unspecified atom stereocenters. The molecule has 0 saturated carbocycles. The number of para-hydroxylation sites is 1. The first-order chi connectivity index (χ1) is 13.2. The van der Waals surface area contributed by atoms with Crippen LogP contribution in [0.2, 0.25) is 0 Å². The van der Waals surface area contributed by atoms with Crippen LogP contribution in [-0.4, -0.2) is 10.9 Å². The van der Waals surface area contributed by atoms with E-state index in [0.29, 0.717) is 5.69 Å². The highest BCUT2D eigenvalue weighted by Gasteiger charge is 2.29. The number of pyridine rings is 1. The molecule has 1 heterocycles. The fourth-order valence-corrected chi connectivity index (χ4v) is 2.30. The molecule has 3 aromatic rings. The van der Waals surface area contributed by atoms with Gasteiger partial charge < -0.3 is 10.6 Å². The maximum atomic E-state index is 13.6. The van der Waals surface area contributed by atoms with Gasteiger partial charge in [-0.25, -0.2) is 13.8 Å². The lowest BCUT2D eigenvalue weighted by molar-refractivity contribution is -0.137. The largest absolute Gasteiger partial charge is 0.416 e. The summed E-state index contributed by atoms with van der Waals surface area (Å²) in [7, 11) is 0. The van der Waals surface area contributed by atoms with Gasteiger partial charge in [-0.1, -0.05) is 6.07 Å². The summed E-state index contributed by atoms with van der Waals surface area (Å²) in [5.41, 5.74) is -0.940. The number of alkyl halides is 3. The minimum Gasteiger partial charge on any atom is -0.340 e. The number of hydrogen-bond acceptors (Lipinski definition) is 3. The Morgan fingerprint density at radius 1 is 0.893 bits per heavy atom. The average Bonchev–Trinajstić information content (AvgIpc) is 2.65. The maximum absolute atomic E-state index is 13.6. The first-order valence-electron chi connectivity index (χ1n) is 7.90. The number of rotatable bonds is 4. The molecule has 0 aliphatic carbocycles. The van der Waals surface area contributed by atoms with Crippen LogP contribution in [0.25, 0.3) is 0 Å². The minimum atomic E-state index is -4.43. The van der Waals surface area contributed by atoms with Gasteiger partial charge in [0, 0.05) is 11.9 Å². The van der Waals surface area contributed by atoms with Gasteiger partial charge in [-0.15, -0.1) is 0 Å². The Bertz CT molecular complexity index is 966. The summed E-state index contributed by atoms with van der Waals surface area (Å²) in [6, 6.07) is 10.3. The molecule has 144 valence electrons. The van der Waals surface area contributed by atoms with Gasteiger partial charge in [0.2, 0.25) is 0 Å². The zero-order valence-corrected chi connectivity index (χ0v) is 14.0. The predicted octanol–water partition coefficient (Wildman–Crippen LogP) is 5.37. The standard InChI is InChI=1S/C19H12F5N3O/c20-14-2-1-3-15(21)17(14)27-18(28)11-4-9-16(25-10-11)26-13-7-5-12(6-8-13)19(22,23)24/h1-10H,(H,25,26)(H,27,28). The summed E-state index contributed by atoms with van der Waals surface area (Å²) in [5.74, 6) is -2.32. The molecule has 0 saturated heterocycles. The number of carbonyl (C=O) groups is 1. The number of nitrogens with one attached hydrogen (secondary N) is 2. The molecule has 0 bridgehead atoms. The molecule has 9 heteroatoms. The van der Waals surface area contributed by atoms with E-state index < -0.39 is 35.0 Å². The number of hydrogen-bond donors (Lipinski definition) is 2. The van der Waals surface area contributed by atoms with E-state index in [0.717, 1.165) is 24.3 Å². The lowest BCUT2D eigenvalue weighted by Gasteiger charge is -2.10. The monoisotopic (exact) mass is 393 g/mol. The Morgan fingerprint density at radius 2 is 1.54 bits per heavy atom. The van der Waals surface area contributed by atoms with Gasteiger partial charge in [-0.05, 0) is 48.5 Å². The Morgan fingerprint density at radius 3 is 2.07 bits per heavy atom. The molecule has 0 aliphatic rings. The molecule has 28 heavy (non-hydrogen) atoms. The summed E-state index contributed by atoms with van der Waals surface area (Å²) in [6.07, 6.45) is -3.26. The van der Waals surface area contributed by atoms with Crippen LogP contribution in [0.5, 0.6) is 0 Å². The second kappa shape index (κ2) is 7.63. The first-order valence-corrected chi connectivity index (χ1v) is 7.90. The number of amides is 1. The predicted molar refractivity (Wildman–Crippen MR) is 93.3 cm³/mol. The van der Waals surface area contributed by atoms with Crippen LogP contribution in [-0.2, 0) is 6.18 Å². The summed E-state index contributed by atoms with van der Waals surface area (Å²) in [4.78, 5) is 16.1. The fourth-order valence-electron chi connectivity index (χ4n) is 2.30. The molecular formula is C19H12F5N3O. The van der Waals surface area contributed by atoms with Gasteiger partial charge >= 0.3 is 6.18 Å². The van der Waals surface area contributed by atoms with Crippen LogP contribution in [0.1, 0.15) is 15.9 Å². The van der Waals surface area contributed by atoms with Crippen LogP contribution >= 0.6 is 0 Å². The van der Waals surface area contributed by atoms with Gasteiger partial charge in [0.05, 0.1) is 11.1 Å². The van der Waals surface area contributed by atoms with Crippen LogP contribution in [0.15, 0.2) is 60.8 Å². The third-order valence-electron chi connectivity index (χ3n) is 3.71. The van der Waals surface area contributed by atoms with Crippen molar-refractivity contribution in [1.82, 2.24) is 4.98 Å².